The average molecular weight is 505 g/mol. The Kier molecular flexibility index (Phi) is 11.3. The number of hydrogen-bond donors (Lipinski definition) is 1. The Morgan fingerprint density at radius 1 is 1.03 bits per heavy atom. The molecule has 1 fully saturated rings. The number of anilines is 1. The molecule has 0 aliphatic heterocycles. The van der Waals surface area contributed by atoms with E-state index in [0.717, 1.165) is 53.8 Å². The van der Waals surface area contributed by atoms with Crippen molar-refractivity contribution in [3.05, 3.63) is 65.5 Å². The molecular formula is C31H44N4O2. The number of para-hydroxylation sites is 1. The third-order valence-corrected chi connectivity index (χ3v) is 6.97. The smallest absolute Gasteiger partial charge is 0.338 e. The van der Waals surface area contributed by atoms with Crippen LogP contribution in [0.1, 0.15) is 67.7 Å². The normalized spacial score (nSPS) is 17.1. The van der Waals surface area contributed by atoms with Crippen molar-refractivity contribution in [2.45, 2.75) is 59.3 Å². The molecule has 6 nitrogen and oxygen atoms in total. The number of hydrogen-bond acceptors (Lipinski definition) is 6. The van der Waals surface area contributed by atoms with Crippen LogP contribution in [0.3, 0.4) is 0 Å². The Labute approximate surface area is 222 Å². The molecule has 1 aliphatic rings. The van der Waals surface area contributed by atoms with Gasteiger partial charge in [-0.1, -0.05) is 44.0 Å². The van der Waals surface area contributed by atoms with Gasteiger partial charge in [-0.3, -0.25) is 0 Å². The first kappa shape index (κ1) is 28.6. The van der Waals surface area contributed by atoms with Gasteiger partial charge in [0.15, 0.2) is 0 Å². The number of nitrogens with zero attached hydrogens (tertiary/aromatic N) is 3. The quantitative estimate of drug-likeness (QED) is 0.276. The predicted molar refractivity (Wildman–Crippen MR) is 153 cm³/mol. The van der Waals surface area contributed by atoms with Gasteiger partial charge in [0.05, 0.1) is 17.7 Å². The van der Waals surface area contributed by atoms with E-state index >= 15 is 0 Å². The fraction of sp³-hybridized carbons (Fsp3) is 0.516. The van der Waals surface area contributed by atoms with E-state index < -0.39 is 0 Å². The molecule has 0 radical (unpaired) electrons. The highest BCUT2D eigenvalue weighted by Crippen LogP contribution is 2.27. The zero-order valence-corrected chi connectivity index (χ0v) is 23.3. The number of rotatable bonds is 9. The molecule has 37 heavy (non-hydrogen) atoms. The summed E-state index contributed by atoms with van der Waals surface area (Å²) in [5, 5.41) is 4.71. The minimum atomic E-state index is -0.234. The van der Waals surface area contributed by atoms with E-state index in [0.29, 0.717) is 12.2 Å². The summed E-state index contributed by atoms with van der Waals surface area (Å²) >= 11 is 0. The molecule has 4 rings (SSSR count). The molecule has 1 saturated carbocycles. The van der Waals surface area contributed by atoms with Crippen molar-refractivity contribution in [2.24, 2.45) is 11.8 Å². The fourth-order valence-corrected chi connectivity index (χ4v) is 4.79. The van der Waals surface area contributed by atoms with Crippen LogP contribution in [-0.4, -0.2) is 49.7 Å². The van der Waals surface area contributed by atoms with Crippen molar-refractivity contribution >= 4 is 22.7 Å². The number of aromatic nitrogens is 2. The predicted octanol–water partition coefficient (Wildman–Crippen LogP) is 6.22. The summed E-state index contributed by atoms with van der Waals surface area (Å²) < 4.78 is 5.00. The van der Waals surface area contributed by atoms with E-state index in [4.69, 9.17) is 4.74 Å². The third kappa shape index (κ3) is 9.12. The van der Waals surface area contributed by atoms with Gasteiger partial charge in [-0.25, -0.2) is 14.8 Å². The second-order valence-electron chi connectivity index (χ2n) is 10.4. The Morgan fingerprint density at radius 3 is 2.41 bits per heavy atom. The van der Waals surface area contributed by atoms with Gasteiger partial charge in [0.25, 0.3) is 0 Å². The van der Waals surface area contributed by atoms with E-state index in [1.165, 1.54) is 37.8 Å². The zero-order valence-electron chi connectivity index (χ0n) is 23.3. The number of fused-ring (bicyclic) bond motifs is 1. The molecule has 1 aromatic heterocycles. The van der Waals surface area contributed by atoms with Crippen LogP contribution in [0, 0.1) is 18.8 Å². The molecular weight excluding hydrogens is 460 g/mol. The maximum atomic E-state index is 11.6. The highest BCUT2D eigenvalue weighted by molar-refractivity contribution is 5.89. The SMILES string of the molecule is CCOC(=O)c1ccc(CCCNCC2CCC(C)CC2)cc1.Cc1nc(N(C)C)c2ccccc2n1. The van der Waals surface area contributed by atoms with Gasteiger partial charge < -0.3 is 15.0 Å². The maximum absolute atomic E-state index is 11.6. The van der Waals surface area contributed by atoms with E-state index in [2.05, 4.69) is 22.2 Å². The molecule has 0 bridgehead atoms. The van der Waals surface area contributed by atoms with Gasteiger partial charge in [0.1, 0.15) is 11.6 Å². The van der Waals surface area contributed by atoms with Crippen LogP contribution in [0.2, 0.25) is 0 Å². The average Bonchev–Trinajstić information content (AvgIpc) is 2.90. The lowest BCUT2D eigenvalue weighted by atomic mass is 9.83. The van der Waals surface area contributed by atoms with Crippen LogP contribution in [0.5, 0.6) is 0 Å². The summed E-state index contributed by atoms with van der Waals surface area (Å²) in [4.78, 5) is 22.4. The molecule has 0 saturated heterocycles. The van der Waals surface area contributed by atoms with Crippen molar-refractivity contribution in [1.82, 2.24) is 15.3 Å². The first-order valence-electron chi connectivity index (χ1n) is 13.7. The fourth-order valence-electron chi connectivity index (χ4n) is 4.79. The van der Waals surface area contributed by atoms with Gasteiger partial charge in [-0.15, -0.1) is 0 Å². The maximum Gasteiger partial charge on any atom is 0.338 e. The first-order valence-corrected chi connectivity index (χ1v) is 13.7. The minimum Gasteiger partial charge on any atom is -0.462 e. The zero-order chi connectivity index (χ0) is 26.6. The Balaban J connectivity index is 0.000000231. The highest BCUT2D eigenvalue weighted by Gasteiger charge is 2.17. The van der Waals surface area contributed by atoms with Gasteiger partial charge in [-0.2, -0.15) is 0 Å². The third-order valence-electron chi connectivity index (χ3n) is 6.97. The lowest BCUT2D eigenvalue weighted by Gasteiger charge is -2.26. The molecule has 6 heteroatoms. The van der Waals surface area contributed by atoms with E-state index in [-0.39, 0.29) is 5.97 Å². The second kappa shape index (κ2) is 14.7. The van der Waals surface area contributed by atoms with Gasteiger partial charge >= 0.3 is 5.97 Å². The van der Waals surface area contributed by atoms with Crippen LogP contribution in [0.15, 0.2) is 48.5 Å². The number of carbonyl (C=O) groups excluding carboxylic acids is 1. The summed E-state index contributed by atoms with van der Waals surface area (Å²) in [6.45, 7) is 8.79. The molecule has 200 valence electrons. The second-order valence-corrected chi connectivity index (χ2v) is 10.4. The number of ether oxygens (including phenoxy) is 1. The van der Waals surface area contributed by atoms with Crippen molar-refractivity contribution in [3.63, 3.8) is 0 Å². The molecule has 1 aliphatic carbocycles. The number of carbonyl (C=O) groups is 1. The molecule has 1 heterocycles. The van der Waals surface area contributed by atoms with E-state index in [1.54, 1.807) is 0 Å². The molecule has 0 atom stereocenters. The largest absolute Gasteiger partial charge is 0.462 e. The number of aryl methyl sites for hydroxylation is 2. The topological polar surface area (TPSA) is 67.3 Å². The molecule has 0 spiro atoms. The Bertz CT molecular complexity index is 1110. The van der Waals surface area contributed by atoms with Crippen LogP contribution >= 0.6 is 0 Å². The van der Waals surface area contributed by atoms with Crippen molar-refractivity contribution in [2.75, 3.05) is 38.7 Å². The Morgan fingerprint density at radius 2 is 1.73 bits per heavy atom. The molecule has 0 amide bonds. The van der Waals surface area contributed by atoms with Crippen LogP contribution in [0.4, 0.5) is 5.82 Å². The standard InChI is InChI=1S/C20H31NO2.C11H13N3/c1-3-23-20(22)19-12-10-17(11-13-19)5-4-14-21-15-18-8-6-16(2)7-9-18;1-8-12-10-7-5-4-6-9(10)11(13-8)14(2)3/h10-13,16,18,21H,3-9,14-15H2,1-2H3;4-7H,1-3H3. The molecule has 0 unspecified atom stereocenters. The van der Waals surface area contributed by atoms with Gasteiger partial charge in [0.2, 0.25) is 0 Å². The molecule has 3 aromatic rings. The lowest BCUT2D eigenvalue weighted by Crippen LogP contribution is -2.27. The number of esters is 1. The van der Waals surface area contributed by atoms with Crippen molar-refractivity contribution in [3.8, 4) is 0 Å². The van der Waals surface area contributed by atoms with Crippen LogP contribution in [-0.2, 0) is 11.2 Å². The van der Waals surface area contributed by atoms with Crippen LogP contribution < -0.4 is 10.2 Å². The lowest BCUT2D eigenvalue weighted by molar-refractivity contribution is 0.0526. The summed E-state index contributed by atoms with van der Waals surface area (Å²) in [6.07, 6.45) is 7.78. The van der Waals surface area contributed by atoms with E-state index in [9.17, 15) is 4.79 Å². The highest BCUT2D eigenvalue weighted by atomic mass is 16.5. The van der Waals surface area contributed by atoms with Gasteiger partial charge in [-0.05, 0) is 94.3 Å². The van der Waals surface area contributed by atoms with Crippen molar-refractivity contribution in [1.29, 1.82) is 0 Å². The monoisotopic (exact) mass is 504 g/mol. The van der Waals surface area contributed by atoms with Gasteiger partial charge in [0, 0.05) is 19.5 Å². The summed E-state index contributed by atoms with van der Waals surface area (Å²) in [7, 11) is 3.99. The number of benzene rings is 2. The molecule has 1 N–H and O–H groups in total. The Hall–Kier alpha value is -2.99. The summed E-state index contributed by atoms with van der Waals surface area (Å²) in [6, 6.07) is 15.9. The van der Waals surface area contributed by atoms with Crippen molar-refractivity contribution < 1.29 is 9.53 Å². The summed E-state index contributed by atoms with van der Waals surface area (Å²) in [5.41, 5.74) is 2.93. The minimum absolute atomic E-state index is 0.234. The van der Waals surface area contributed by atoms with Crippen LogP contribution in [0.25, 0.3) is 10.9 Å². The number of nitrogens with one attached hydrogen (secondary N) is 1. The first-order chi connectivity index (χ1) is 17.9. The van der Waals surface area contributed by atoms with E-state index in [1.807, 2.05) is 81.4 Å². The summed E-state index contributed by atoms with van der Waals surface area (Å²) in [5.74, 6) is 3.38. The molecule has 2 aromatic carbocycles.